The zero-order valence-electron chi connectivity index (χ0n) is 15.6. The van der Waals surface area contributed by atoms with E-state index in [4.69, 9.17) is 16.4 Å². The molecule has 1 aromatic carbocycles. The number of benzene rings is 1. The normalized spacial score (nSPS) is 14.6. The summed E-state index contributed by atoms with van der Waals surface area (Å²) in [6.45, 7) is 5.09. The van der Waals surface area contributed by atoms with E-state index in [1.54, 1.807) is 19.2 Å². The average molecular weight is 380 g/mol. The van der Waals surface area contributed by atoms with Crippen LogP contribution in [0.25, 0.3) is 16.8 Å². The van der Waals surface area contributed by atoms with E-state index in [9.17, 15) is 9.18 Å². The fourth-order valence-electron chi connectivity index (χ4n) is 3.30. The van der Waals surface area contributed by atoms with Gasteiger partial charge < -0.3 is 16.0 Å². The van der Waals surface area contributed by atoms with Crippen molar-refractivity contribution in [2.24, 2.45) is 12.8 Å². The molecule has 0 bridgehead atoms. The molecule has 1 aliphatic heterocycles. The minimum Gasteiger partial charge on any atom is -0.342 e. The Balaban J connectivity index is 2.23. The molecule has 8 heteroatoms. The van der Waals surface area contributed by atoms with Gasteiger partial charge in [0.05, 0.1) is 16.8 Å². The van der Waals surface area contributed by atoms with Crippen molar-refractivity contribution in [2.75, 3.05) is 18.0 Å². The highest BCUT2D eigenvalue weighted by Gasteiger charge is 2.24. The Labute approximate surface area is 162 Å². The second kappa shape index (κ2) is 7.74. The highest BCUT2D eigenvalue weighted by atomic mass is 19.1. The summed E-state index contributed by atoms with van der Waals surface area (Å²) < 4.78 is 15.6. The molecule has 7 nitrogen and oxygen atoms in total. The number of nitrogens with two attached hydrogens (primary N) is 1. The fourth-order valence-corrected chi connectivity index (χ4v) is 3.30. The quantitative estimate of drug-likeness (QED) is 0.789. The van der Waals surface area contributed by atoms with Gasteiger partial charge in [-0.3, -0.25) is 9.36 Å². The van der Waals surface area contributed by atoms with Gasteiger partial charge in [0.25, 0.3) is 5.56 Å². The first-order chi connectivity index (χ1) is 13.4. The van der Waals surface area contributed by atoms with E-state index < -0.39 is 5.82 Å². The molecular formula is C20H21FN6O. The number of anilines is 1. The molecule has 3 N–H and O–H groups in total. The lowest BCUT2D eigenvalue weighted by atomic mass is 10.0. The predicted octanol–water partition coefficient (Wildman–Crippen LogP) is 2.05. The van der Waals surface area contributed by atoms with Crippen molar-refractivity contribution >= 4 is 17.7 Å². The third-order valence-corrected chi connectivity index (χ3v) is 4.95. The number of nitrogens with one attached hydrogen (secondary N) is 1. The van der Waals surface area contributed by atoms with Gasteiger partial charge in [-0.05, 0) is 30.5 Å². The Morgan fingerprint density at radius 2 is 2.14 bits per heavy atom. The zero-order chi connectivity index (χ0) is 20.4. The first-order valence-electron chi connectivity index (χ1n) is 8.88. The Kier molecular flexibility index (Phi) is 5.38. The maximum Gasteiger partial charge on any atom is 0.263 e. The van der Waals surface area contributed by atoms with Gasteiger partial charge in [0, 0.05) is 38.0 Å². The number of rotatable bonds is 4. The van der Waals surface area contributed by atoms with Crippen molar-refractivity contribution < 1.29 is 4.39 Å². The third kappa shape index (κ3) is 3.44. The minimum atomic E-state index is -0.695. The SMILES string of the molecule is C=C(C=N)c1c(-c2ccc(C#N)c(F)c2)nc(N2CCC(N)CC2)n(C)c1=O. The van der Waals surface area contributed by atoms with E-state index in [1.165, 1.54) is 16.7 Å². The predicted molar refractivity (Wildman–Crippen MR) is 107 cm³/mol. The number of hydrogen-bond donors (Lipinski definition) is 2. The number of hydrogen-bond acceptors (Lipinski definition) is 6. The molecule has 2 aromatic rings. The maximum absolute atomic E-state index is 14.2. The minimum absolute atomic E-state index is 0.0924. The van der Waals surface area contributed by atoms with Gasteiger partial charge >= 0.3 is 0 Å². The van der Waals surface area contributed by atoms with Crippen LogP contribution >= 0.6 is 0 Å². The summed E-state index contributed by atoms with van der Waals surface area (Å²) in [5, 5.41) is 16.5. The van der Waals surface area contributed by atoms with Crippen molar-refractivity contribution in [1.29, 1.82) is 10.7 Å². The van der Waals surface area contributed by atoms with Gasteiger partial charge in [-0.2, -0.15) is 5.26 Å². The second-order valence-electron chi connectivity index (χ2n) is 6.80. The molecule has 28 heavy (non-hydrogen) atoms. The smallest absolute Gasteiger partial charge is 0.263 e. The van der Waals surface area contributed by atoms with Gasteiger partial charge in [0.1, 0.15) is 11.9 Å². The van der Waals surface area contributed by atoms with Crippen LogP contribution in [0, 0.1) is 22.6 Å². The van der Waals surface area contributed by atoms with Gasteiger partial charge in [0.2, 0.25) is 5.95 Å². The van der Waals surface area contributed by atoms with Crippen LogP contribution in [0.5, 0.6) is 0 Å². The number of nitrogens with zero attached hydrogens (tertiary/aromatic N) is 4. The summed E-state index contributed by atoms with van der Waals surface area (Å²) in [5.41, 5.74) is 6.42. The molecule has 0 saturated carbocycles. The van der Waals surface area contributed by atoms with E-state index >= 15 is 0 Å². The molecule has 3 rings (SSSR count). The van der Waals surface area contributed by atoms with Crippen LogP contribution in [-0.4, -0.2) is 34.9 Å². The molecule has 0 amide bonds. The van der Waals surface area contributed by atoms with Gasteiger partial charge in [-0.1, -0.05) is 12.6 Å². The summed E-state index contributed by atoms with van der Waals surface area (Å²) in [5.74, 6) is -0.238. The maximum atomic E-state index is 14.2. The van der Waals surface area contributed by atoms with Crippen LogP contribution in [0.3, 0.4) is 0 Å². The van der Waals surface area contributed by atoms with E-state index in [0.29, 0.717) is 24.6 Å². The fraction of sp³-hybridized carbons (Fsp3) is 0.300. The van der Waals surface area contributed by atoms with E-state index in [-0.39, 0.29) is 34.0 Å². The monoisotopic (exact) mass is 380 g/mol. The lowest BCUT2D eigenvalue weighted by Crippen LogP contribution is -2.42. The molecule has 144 valence electrons. The zero-order valence-corrected chi connectivity index (χ0v) is 15.6. The van der Waals surface area contributed by atoms with Gasteiger partial charge in [-0.15, -0.1) is 0 Å². The highest BCUT2D eigenvalue weighted by molar-refractivity contribution is 6.09. The molecule has 0 aliphatic carbocycles. The van der Waals surface area contributed by atoms with Crippen LogP contribution in [0.1, 0.15) is 24.0 Å². The second-order valence-corrected chi connectivity index (χ2v) is 6.80. The van der Waals surface area contributed by atoms with Gasteiger partial charge in [0.15, 0.2) is 0 Å². The Morgan fingerprint density at radius 3 is 2.71 bits per heavy atom. The summed E-state index contributed by atoms with van der Waals surface area (Å²) >= 11 is 0. The average Bonchev–Trinajstić information content (AvgIpc) is 2.70. The number of aromatic nitrogens is 2. The van der Waals surface area contributed by atoms with E-state index in [1.807, 2.05) is 4.90 Å². The first kappa shape index (κ1) is 19.5. The van der Waals surface area contributed by atoms with Crippen LogP contribution in [0.2, 0.25) is 0 Å². The molecule has 2 heterocycles. The summed E-state index contributed by atoms with van der Waals surface area (Å²) in [7, 11) is 1.61. The lowest BCUT2D eigenvalue weighted by molar-refractivity contribution is 0.490. The summed E-state index contributed by atoms with van der Waals surface area (Å²) in [4.78, 5) is 19.7. The van der Waals surface area contributed by atoms with Crippen LogP contribution < -0.4 is 16.2 Å². The summed E-state index contributed by atoms with van der Waals surface area (Å²) in [6, 6.07) is 5.96. The lowest BCUT2D eigenvalue weighted by Gasteiger charge is -2.32. The molecule has 0 unspecified atom stereocenters. The Morgan fingerprint density at radius 1 is 1.46 bits per heavy atom. The largest absolute Gasteiger partial charge is 0.342 e. The molecular weight excluding hydrogens is 359 g/mol. The van der Waals surface area contributed by atoms with Gasteiger partial charge in [-0.25, -0.2) is 9.37 Å². The molecule has 1 fully saturated rings. The van der Waals surface area contributed by atoms with Crippen LogP contribution in [-0.2, 0) is 7.05 Å². The molecule has 1 aromatic heterocycles. The van der Waals surface area contributed by atoms with Crippen molar-refractivity contribution in [1.82, 2.24) is 9.55 Å². The summed E-state index contributed by atoms with van der Waals surface area (Å²) in [6.07, 6.45) is 2.54. The molecule has 1 saturated heterocycles. The standard InChI is InChI=1S/C20H21FN6O/c1-12(10-22)17-18(13-3-4-14(11-23)16(21)9-13)25-20(26(2)19(17)28)27-7-5-15(24)6-8-27/h3-4,9-10,15,22H,1,5-8,24H2,2H3. The van der Waals surface area contributed by atoms with Crippen molar-refractivity contribution in [3.8, 4) is 17.3 Å². The molecule has 1 aliphatic rings. The van der Waals surface area contributed by atoms with E-state index in [2.05, 4.69) is 11.6 Å². The molecule has 0 atom stereocenters. The molecule has 0 radical (unpaired) electrons. The number of nitriles is 1. The molecule has 0 spiro atoms. The van der Waals surface area contributed by atoms with Crippen molar-refractivity contribution in [3.05, 3.63) is 52.1 Å². The highest BCUT2D eigenvalue weighted by Crippen LogP contribution is 2.28. The van der Waals surface area contributed by atoms with E-state index in [0.717, 1.165) is 19.1 Å². The topological polar surface area (TPSA) is 112 Å². The number of piperidine rings is 1. The van der Waals surface area contributed by atoms with Crippen LogP contribution in [0.15, 0.2) is 29.6 Å². The van der Waals surface area contributed by atoms with Crippen molar-refractivity contribution in [3.63, 3.8) is 0 Å². The number of allylic oxidation sites excluding steroid dienone is 1. The van der Waals surface area contributed by atoms with Crippen molar-refractivity contribution in [2.45, 2.75) is 18.9 Å². The number of halogens is 1. The first-order valence-corrected chi connectivity index (χ1v) is 8.88. The van der Waals surface area contributed by atoms with Crippen LogP contribution in [0.4, 0.5) is 10.3 Å². The Bertz CT molecular complexity index is 1040. The Hall–Kier alpha value is -3.31. The third-order valence-electron chi connectivity index (χ3n) is 4.95.